The van der Waals surface area contributed by atoms with Gasteiger partial charge in [-0.3, -0.25) is 0 Å². The molecule has 0 bridgehead atoms. The molecular formula is C16H21FN2O3. The zero-order valence-electron chi connectivity index (χ0n) is 13.1. The van der Waals surface area contributed by atoms with E-state index in [9.17, 15) is 14.0 Å². The lowest BCUT2D eigenvalue weighted by Gasteiger charge is -2.26. The number of amides is 3. The maximum absolute atomic E-state index is 13.0. The van der Waals surface area contributed by atoms with Crippen LogP contribution in [0.25, 0.3) is 0 Å². The first-order valence-corrected chi connectivity index (χ1v) is 7.30. The average molecular weight is 308 g/mol. The van der Waals surface area contributed by atoms with Crippen molar-refractivity contribution < 1.29 is 18.7 Å². The third kappa shape index (κ3) is 5.02. The van der Waals surface area contributed by atoms with Crippen LogP contribution >= 0.6 is 0 Å². The summed E-state index contributed by atoms with van der Waals surface area (Å²) in [7, 11) is 0. The molecule has 0 atom stereocenters. The molecule has 1 aliphatic carbocycles. The molecule has 1 fully saturated rings. The minimum atomic E-state index is -0.713. The highest BCUT2D eigenvalue weighted by Gasteiger charge is 2.31. The van der Waals surface area contributed by atoms with Crippen molar-refractivity contribution in [2.45, 2.75) is 51.8 Å². The topological polar surface area (TPSA) is 58.6 Å². The Bertz CT molecular complexity index is 548. The molecule has 0 saturated heterocycles. The number of imide groups is 1. The lowest BCUT2D eigenvalue weighted by Crippen LogP contribution is -2.46. The zero-order valence-corrected chi connectivity index (χ0v) is 13.1. The molecule has 1 aromatic rings. The number of carbonyl (C=O) groups excluding carboxylic acids is 2. The van der Waals surface area contributed by atoms with Crippen molar-refractivity contribution in [3.8, 4) is 0 Å². The standard InChI is InChI=1S/C16H21FN2O3/c1-16(2,3)22-15(21)19(14(20)18-13-8-9-13)10-11-4-6-12(17)7-5-11/h4-7,13H,8-10H2,1-3H3,(H,18,20). The van der Waals surface area contributed by atoms with Crippen LogP contribution in [-0.2, 0) is 11.3 Å². The van der Waals surface area contributed by atoms with E-state index in [0.717, 1.165) is 17.7 Å². The van der Waals surface area contributed by atoms with Gasteiger partial charge in [0.05, 0.1) is 6.54 Å². The largest absolute Gasteiger partial charge is 0.443 e. The SMILES string of the molecule is CC(C)(C)OC(=O)N(Cc1ccc(F)cc1)C(=O)NC1CC1. The molecule has 0 unspecified atom stereocenters. The highest BCUT2D eigenvalue weighted by Crippen LogP contribution is 2.20. The second-order valence-corrected chi connectivity index (χ2v) is 6.42. The lowest BCUT2D eigenvalue weighted by atomic mass is 10.2. The monoisotopic (exact) mass is 308 g/mol. The van der Waals surface area contributed by atoms with E-state index in [1.165, 1.54) is 24.3 Å². The van der Waals surface area contributed by atoms with Crippen molar-refractivity contribution in [2.24, 2.45) is 0 Å². The highest BCUT2D eigenvalue weighted by atomic mass is 19.1. The van der Waals surface area contributed by atoms with Gasteiger partial charge in [0.2, 0.25) is 0 Å². The number of halogens is 1. The van der Waals surface area contributed by atoms with Gasteiger partial charge in [0.15, 0.2) is 0 Å². The van der Waals surface area contributed by atoms with Crippen LogP contribution < -0.4 is 5.32 Å². The Labute approximate surface area is 129 Å². The molecule has 22 heavy (non-hydrogen) atoms. The summed E-state index contributed by atoms with van der Waals surface area (Å²) in [6, 6.07) is 5.31. The number of nitrogens with one attached hydrogen (secondary N) is 1. The van der Waals surface area contributed by atoms with E-state index in [-0.39, 0.29) is 18.4 Å². The minimum Gasteiger partial charge on any atom is -0.443 e. The first-order chi connectivity index (χ1) is 10.2. The van der Waals surface area contributed by atoms with Gasteiger partial charge in [-0.25, -0.2) is 18.9 Å². The average Bonchev–Trinajstić information content (AvgIpc) is 3.19. The predicted octanol–water partition coefficient (Wildman–Crippen LogP) is 3.43. The number of hydrogen-bond donors (Lipinski definition) is 1. The summed E-state index contributed by atoms with van der Waals surface area (Å²) in [5.41, 5.74) is -0.0453. The Kier molecular flexibility index (Phi) is 4.68. The maximum atomic E-state index is 13.0. The molecule has 0 aliphatic heterocycles. The minimum absolute atomic E-state index is 0.0355. The third-order valence-corrected chi connectivity index (χ3v) is 3.02. The van der Waals surface area contributed by atoms with Gasteiger partial charge in [-0.1, -0.05) is 12.1 Å². The van der Waals surface area contributed by atoms with Gasteiger partial charge >= 0.3 is 12.1 Å². The third-order valence-electron chi connectivity index (χ3n) is 3.02. The number of benzene rings is 1. The molecule has 0 spiro atoms. The summed E-state index contributed by atoms with van der Waals surface area (Å²) in [5, 5.41) is 2.76. The quantitative estimate of drug-likeness (QED) is 0.930. The second kappa shape index (κ2) is 6.34. The zero-order chi connectivity index (χ0) is 16.3. The Morgan fingerprint density at radius 2 is 1.86 bits per heavy atom. The molecule has 1 aliphatic rings. The fraction of sp³-hybridized carbons (Fsp3) is 0.500. The van der Waals surface area contributed by atoms with E-state index >= 15 is 0 Å². The molecule has 120 valence electrons. The lowest BCUT2D eigenvalue weighted by molar-refractivity contribution is 0.0308. The van der Waals surface area contributed by atoms with Gasteiger partial charge in [0.1, 0.15) is 11.4 Å². The van der Waals surface area contributed by atoms with Gasteiger partial charge in [-0.15, -0.1) is 0 Å². The second-order valence-electron chi connectivity index (χ2n) is 6.42. The Hall–Kier alpha value is -2.11. The normalized spacial score (nSPS) is 14.4. The molecule has 5 nitrogen and oxygen atoms in total. The Morgan fingerprint density at radius 1 is 1.27 bits per heavy atom. The van der Waals surface area contributed by atoms with Crippen LogP contribution in [0.4, 0.5) is 14.0 Å². The van der Waals surface area contributed by atoms with Gasteiger partial charge in [-0.2, -0.15) is 0 Å². The Morgan fingerprint density at radius 3 is 2.36 bits per heavy atom. The molecule has 0 aromatic heterocycles. The number of urea groups is 1. The van der Waals surface area contributed by atoms with Crippen LogP contribution in [0.2, 0.25) is 0 Å². The van der Waals surface area contributed by atoms with E-state index in [0.29, 0.717) is 5.56 Å². The van der Waals surface area contributed by atoms with Crippen LogP contribution in [0.3, 0.4) is 0 Å². The summed E-state index contributed by atoms with van der Waals surface area (Å²) >= 11 is 0. The molecule has 0 heterocycles. The van der Waals surface area contributed by atoms with Gasteiger partial charge in [0.25, 0.3) is 0 Å². The van der Waals surface area contributed by atoms with Crippen molar-refractivity contribution in [2.75, 3.05) is 0 Å². The highest BCUT2D eigenvalue weighted by molar-refractivity contribution is 5.91. The predicted molar refractivity (Wildman–Crippen MR) is 79.7 cm³/mol. The molecule has 1 saturated carbocycles. The number of nitrogens with zero attached hydrogens (tertiary/aromatic N) is 1. The summed E-state index contributed by atoms with van der Waals surface area (Å²) in [6.07, 6.45) is 1.13. The Balaban J connectivity index is 2.10. The molecule has 0 radical (unpaired) electrons. The van der Waals surface area contributed by atoms with Crippen molar-refractivity contribution in [1.82, 2.24) is 10.2 Å². The van der Waals surface area contributed by atoms with Gasteiger partial charge in [0, 0.05) is 6.04 Å². The van der Waals surface area contributed by atoms with Gasteiger partial charge in [-0.05, 0) is 51.3 Å². The van der Waals surface area contributed by atoms with Crippen LogP contribution in [0.15, 0.2) is 24.3 Å². The molecule has 2 rings (SSSR count). The number of carbonyl (C=O) groups is 2. The molecule has 6 heteroatoms. The van der Waals surface area contributed by atoms with E-state index in [2.05, 4.69) is 5.32 Å². The van der Waals surface area contributed by atoms with E-state index in [4.69, 9.17) is 4.74 Å². The molecular weight excluding hydrogens is 287 g/mol. The van der Waals surface area contributed by atoms with Crippen molar-refractivity contribution in [3.63, 3.8) is 0 Å². The van der Waals surface area contributed by atoms with Crippen molar-refractivity contribution in [3.05, 3.63) is 35.6 Å². The summed E-state index contributed by atoms with van der Waals surface area (Å²) in [4.78, 5) is 25.5. The molecule has 3 amide bonds. The number of hydrogen-bond acceptors (Lipinski definition) is 3. The fourth-order valence-electron chi connectivity index (χ4n) is 1.79. The fourth-order valence-corrected chi connectivity index (χ4v) is 1.79. The van der Waals surface area contributed by atoms with E-state index in [1.54, 1.807) is 20.8 Å². The van der Waals surface area contributed by atoms with E-state index < -0.39 is 17.7 Å². The molecule has 1 N–H and O–H groups in total. The summed E-state index contributed by atoms with van der Waals surface area (Å²) < 4.78 is 18.2. The summed E-state index contributed by atoms with van der Waals surface area (Å²) in [5.74, 6) is -0.366. The van der Waals surface area contributed by atoms with Crippen LogP contribution in [-0.4, -0.2) is 28.7 Å². The van der Waals surface area contributed by atoms with Gasteiger partial charge < -0.3 is 10.1 Å². The smallest absolute Gasteiger partial charge is 0.418 e. The molecule has 1 aromatic carbocycles. The van der Waals surface area contributed by atoms with Crippen molar-refractivity contribution in [1.29, 1.82) is 0 Å². The summed E-state index contributed by atoms with van der Waals surface area (Å²) in [6.45, 7) is 5.24. The van der Waals surface area contributed by atoms with Crippen LogP contribution in [0.5, 0.6) is 0 Å². The van der Waals surface area contributed by atoms with Crippen molar-refractivity contribution >= 4 is 12.1 Å². The first kappa shape index (κ1) is 16.3. The number of ether oxygens (including phenoxy) is 1. The number of rotatable bonds is 3. The van der Waals surface area contributed by atoms with E-state index in [1.807, 2.05) is 0 Å². The maximum Gasteiger partial charge on any atom is 0.418 e. The van der Waals surface area contributed by atoms with Crippen LogP contribution in [0.1, 0.15) is 39.2 Å². The van der Waals surface area contributed by atoms with Crippen LogP contribution in [0, 0.1) is 5.82 Å². The first-order valence-electron chi connectivity index (χ1n) is 7.30.